The zero-order chi connectivity index (χ0) is 18.8. The van der Waals surface area contributed by atoms with Crippen molar-refractivity contribution >= 4 is 28.6 Å². The molecule has 4 heterocycles. The van der Waals surface area contributed by atoms with Crippen LogP contribution in [0.3, 0.4) is 0 Å². The molecule has 0 bridgehead atoms. The van der Waals surface area contributed by atoms with Gasteiger partial charge in [-0.15, -0.1) is 0 Å². The van der Waals surface area contributed by atoms with Gasteiger partial charge in [-0.2, -0.15) is 9.97 Å². The Morgan fingerprint density at radius 2 is 1.43 bits per heavy atom. The lowest BCUT2D eigenvalue weighted by atomic mass is 10.2. The molecular weight excluding hydrogens is 354 g/mol. The molecule has 2 aromatic heterocycles. The van der Waals surface area contributed by atoms with Gasteiger partial charge in [0.15, 0.2) is 17.0 Å². The van der Waals surface area contributed by atoms with Crippen molar-refractivity contribution in [2.75, 3.05) is 67.2 Å². The standard InChI is InChI=1S/C20H23N7O/c1-2-4-16(5-3-1)25-8-10-27(11-9-25)20-23-18-17(21-6-7-22-18)19(24-20)26-12-14-28-15-13-26/h1-7H,8-15H2. The third-order valence-electron chi connectivity index (χ3n) is 5.30. The second-order valence-electron chi connectivity index (χ2n) is 6.98. The smallest absolute Gasteiger partial charge is 0.229 e. The molecule has 0 unspecified atom stereocenters. The Balaban J connectivity index is 1.42. The van der Waals surface area contributed by atoms with Gasteiger partial charge in [-0.1, -0.05) is 18.2 Å². The van der Waals surface area contributed by atoms with E-state index < -0.39 is 0 Å². The van der Waals surface area contributed by atoms with E-state index in [1.165, 1.54) is 5.69 Å². The molecule has 0 aliphatic carbocycles. The summed E-state index contributed by atoms with van der Waals surface area (Å²) in [5.74, 6) is 1.60. The second kappa shape index (κ2) is 7.55. The maximum Gasteiger partial charge on any atom is 0.229 e. The molecule has 5 rings (SSSR count). The predicted molar refractivity (Wildman–Crippen MR) is 109 cm³/mol. The van der Waals surface area contributed by atoms with E-state index >= 15 is 0 Å². The number of anilines is 3. The summed E-state index contributed by atoms with van der Waals surface area (Å²) in [4.78, 5) is 25.4. The molecule has 2 fully saturated rings. The van der Waals surface area contributed by atoms with Crippen LogP contribution in [0.2, 0.25) is 0 Å². The van der Waals surface area contributed by atoms with E-state index in [2.05, 4.69) is 55.0 Å². The number of hydrogen-bond acceptors (Lipinski definition) is 8. The first-order chi connectivity index (χ1) is 13.9. The summed E-state index contributed by atoms with van der Waals surface area (Å²) < 4.78 is 5.50. The molecule has 0 radical (unpaired) electrons. The summed E-state index contributed by atoms with van der Waals surface area (Å²) in [6.07, 6.45) is 3.39. The molecule has 3 aromatic rings. The van der Waals surface area contributed by atoms with E-state index in [9.17, 15) is 0 Å². The van der Waals surface area contributed by atoms with Gasteiger partial charge >= 0.3 is 0 Å². The lowest BCUT2D eigenvalue weighted by molar-refractivity contribution is 0.122. The number of fused-ring (bicyclic) bond motifs is 1. The summed E-state index contributed by atoms with van der Waals surface area (Å²) in [5.41, 5.74) is 2.68. The number of benzene rings is 1. The van der Waals surface area contributed by atoms with E-state index in [4.69, 9.17) is 14.7 Å². The monoisotopic (exact) mass is 377 g/mol. The fourth-order valence-electron chi connectivity index (χ4n) is 3.78. The minimum Gasteiger partial charge on any atom is -0.378 e. The van der Waals surface area contributed by atoms with Gasteiger partial charge in [0.25, 0.3) is 0 Å². The van der Waals surface area contributed by atoms with Gasteiger partial charge < -0.3 is 19.4 Å². The normalized spacial score (nSPS) is 17.9. The molecular formula is C20H23N7O. The fraction of sp³-hybridized carbons (Fsp3) is 0.400. The van der Waals surface area contributed by atoms with Gasteiger partial charge in [0.1, 0.15) is 0 Å². The number of hydrogen-bond donors (Lipinski definition) is 0. The average molecular weight is 377 g/mol. The minimum absolute atomic E-state index is 0.652. The van der Waals surface area contributed by atoms with Crippen LogP contribution in [0, 0.1) is 0 Å². The highest BCUT2D eigenvalue weighted by Gasteiger charge is 2.23. The number of aromatic nitrogens is 4. The quantitative estimate of drug-likeness (QED) is 0.681. The summed E-state index contributed by atoms with van der Waals surface area (Å²) in [6.45, 7) is 6.67. The van der Waals surface area contributed by atoms with E-state index in [1.54, 1.807) is 12.4 Å². The molecule has 8 heteroatoms. The number of rotatable bonds is 3. The molecule has 0 atom stereocenters. The zero-order valence-electron chi connectivity index (χ0n) is 15.7. The highest BCUT2D eigenvalue weighted by Crippen LogP contribution is 2.25. The number of nitrogens with zero attached hydrogens (tertiary/aromatic N) is 7. The van der Waals surface area contributed by atoms with Crippen molar-refractivity contribution in [3.8, 4) is 0 Å². The number of ether oxygens (including phenoxy) is 1. The molecule has 2 aliphatic heterocycles. The van der Waals surface area contributed by atoms with Crippen molar-refractivity contribution < 1.29 is 4.74 Å². The zero-order valence-corrected chi connectivity index (χ0v) is 15.7. The maximum absolute atomic E-state index is 5.50. The van der Waals surface area contributed by atoms with Crippen LogP contribution in [0.25, 0.3) is 11.2 Å². The van der Waals surface area contributed by atoms with Crippen LogP contribution in [0.1, 0.15) is 0 Å². The fourth-order valence-corrected chi connectivity index (χ4v) is 3.78. The summed E-state index contributed by atoms with van der Waals surface area (Å²) in [6, 6.07) is 10.5. The lowest BCUT2D eigenvalue weighted by Crippen LogP contribution is -2.47. The van der Waals surface area contributed by atoms with Crippen LogP contribution in [-0.4, -0.2) is 72.4 Å². The molecule has 1 aromatic carbocycles. The Hall–Kier alpha value is -3.00. The van der Waals surface area contributed by atoms with Crippen LogP contribution < -0.4 is 14.7 Å². The van der Waals surface area contributed by atoms with Gasteiger partial charge in [0.2, 0.25) is 5.95 Å². The van der Waals surface area contributed by atoms with Crippen LogP contribution in [-0.2, 0) is 4.74 Å². The molecule has 28 heavy (non-hydrogen) atoms. The van der Waals surface area contributed by atoms with Gasteiger partial charge in [-0.25, -0.2) is 9.97 Å². The van der Waals surface area contributed by atoms with Crippen molar-refractivity contribution in [3.05, 3.63) is 42.7 Å². The largest absolute Gasteiger partial charge is 0.378 e. The molecule has 8 nitrogen and oxygen atoms in total. The first-order valence-corrected chi connectivity index (χ1v) is 9.75. The average Bonchev–Trinajstić information content (AvgIpc) is 2.79. The summed E-state index contributed by atoms with van der Waals surface area (Å²) in [5, 5.41) is 0. The lowest BCUT2D eigenvalue weighted by Gasteiger charge is -2.36. The molecule has 0 spiro atoms. The molecule has 0 N–H and O–H groups in total. The third kappa shape index (κ3) is 3.31. The van der Waals surface area contributed by atoms with Crippen LogP contribution in [0.4, 0.5) is 17.5 Å². The Morgan fingerprint density at radius 1 is 0.714 bits per heavy atom. The summed E-state index contributed by atoms with van der Waals surface area (Å²) >= 11 is 0. The minimum atomic E-state index is 0.652. The highest BCUT2D eigenvalue weighted by atomic mass is 16.5. The first kappa shape index (κ1) is 17.1. The van der Waals surface area contributed by atoms with E-state index in [-0.39, 0.29) is 0 Å². The molecule has 144 valence electrons. The van der Waals surface area contributed by atoms with Crippen LogP contribution in [0.15, 0.2) is 42.7 Å². The Labute approximate surface area is 163 Å². The van der Waals surface area contributed by atoms with E-state index in [0.29, 0.717) is 18.9 Å². The van der Waals surface area contributed by atoms with Gasteiger partial charge in [-0.3, -0.25) is 0 Å². The number of piperazine rings is 1. The van der Waals surface area contributed by atoms with E-state index in [1.807, 2.05) is 0 Å². The van der Waals surface area contributed by atoms with Crippen molar-refractivity contribution in [2.24, 2.45) is 0 Å². The Morgan fingerprint density at radius 3 is 2.21 bits per heavy atom. The topological polar surface area (TPSA) is 70.5 Å². The Bertz CT molecular complexity index is 938. The molecule has 0 amide bonds. The van der Waals surface area contributed by atoms with Crippen molar-refractivity contribution in [3.63, 3.8) is 0 Å². The SMILES string of the molecule is c1ccc(N2CCN(c3nc(N4CCOCC4)c4nccnc4n3)CC2)cc1. The molecule has 0 saturated carbocycles. The van der Waals surface area contributed by atoms with Gasteiger partial charge in [-0.05, 0) is 12.1 Å². The van der Waals surface area contributed by atoms with Crippen molar-refractivity contribution in [1.82, 2.24) is 19.9 Å². The first-order valence-electron chi connectivity index (χ1n) is 9.75. The number of morpholine rings is 1. The van der Waals surface area contributed by atoms with Crippen LogP contribution in [0.5, 0.6) is 0 Å². The second-order valence-corrected chi connectivity index (χ2v) is 6.98. The van der Waals surface area contributed by atoms with Gasteiger partial charge in [0, 0.05) is 57.3 Å². The molecule has 2 saturated heterocycles. The Kier molecular flexibility index (Phi) is 4.62. The van der Waals surface area contributed by atoms with Crippen LogP contribution >= 0.6 is 0 Å². The third-order valence-corrected chi connectivity index (χ3v) is 5.30. The van der Waals surface area contributed by atoms with E-state index in [0.717, 1.165) is 56.6 Å². The van der Waals surface area contributed by atoms with Gasteiger partial charge in [0.05, 0.1) is 13.2 Å². The van der Waals surface area contributed by atoms with Crippen molar-refractivity contribution in [1.29, 1.82) is 0 Å². The van der Waals surface area contributed by atoms with Crippen molar-refractivity contribution in [2.45, 2.75) is 0 Å². The summed E-state index contributed by atoms with van der Waals surface area (Å²) in [7, 11) is 0. The predicted octanol–water partition coefficient (Wildman–Crippen LogP) is 1.58. The maximum atomic E-state index is 5.50. The highest BCUT2D eigenvalue weighted by molar-refractivity contribution is 5.84. The molecule has 2 aliphatic rings. The number of para-hydroxylation sites is 1.